The topological polar surface area (TPSA) is 43.8 Å². The van der Waals surface area contributed by atoms with Crippen LogP contribution in [-0.4, -0.2) is 32.9 Å². The first-order chi connectivity index (χ1) is 12.9. The Morgan fingerprint density at radius 2 is 1.89 bits per heavy atom. The number of carbonyl (C=O) groups is 1. The second-order valence-corrected chi connectivity index (χ2v) is 8.42. The summed E-state index contributed by atoms with van der Waals surface area (Å²) in [6.07, 6.45) is 9.13. The van der Waals surface area contributed by atoms with E-state index in [0.29, 0.717) is 34.4 Å². The van der Waals surface area contributed by atoms with Crippen LogP contribution >= 0.6 is 23.2 Å². The molecule has 1 aromatic rings. The van der Waals surface area contributed by atoms with Crippen molar-refractivity contribution in [1.82, 2.24) is 9.80 Å². The van der Waals surface area contributed by atoms with Crippen LogP contribution in [0.1, 0.15) is 37.7 Å². The molecule has 3 aliphatic rings. The van der Waals surface area contributed by atoms with Crippen molar-refractivity contribution in [2.45, 2.75) is 44.2 Å². The maximum atomic E-state index is 13.2. The average Bonchev–Trinajstić information content (AvgIpc) is 2.65. The van der Waals surface area contributed by atoms with E-state index in [9.17, 15) is 9.90 Å². The van der Waals surface area contributed by atoms with Crippen LogP contribution in [0.15, 0.2) is 54.1 Å². The van der Waals surface area contributed by atoms with E-state index in [-0.39, 0.29) is 17.2 Å². The van der Waals surface area contributed by atoms with Crippen LogP contribution in [0.3, 0.4) is 0 Å². The summed E-state index contributed by atoms with van der Waals surface area (Å²) in [7, 11) is 0. The average molecular weight is 405 g/mol. The van der Waals surface area contributed by atoms with Gasteiger partial charge in [0, 0.05) is 24.9 Å². The molecule has 4 nitrogen and oxygen atoms in total. The molecule has 1 saturated heterocycles. The van der Waals surface area contributed by atoms with Gasteiger partial charge in [0.25, 0.3) is 5.91 Å². The molecule has 1 spiro atoms. The van der Waals surface area contributed by atoms with Crippen molar-refractivity contribution < 1.29 is 9.90 Å². The normalized spacial score (nSPS) is 21.9. The lowest BCUT2D eigenvalue weighted by molar-refractivity contribution is -0.137. The summed E-state index contributed by atoms with van der Waals surface area (Å²) in [6.45, 7) is 4.91. The van der Waals surface area contributed by atoms with E-state index in [2.05, 4.69) is 6.58 Å². The first-order valence-electron chi connectivity index (χ1n) is 9.24. The van der Waals surface area contributed by atoms with E-state index in [1.807, 2.05) is 22.1 Å². The highest BCUT2D eigenvalue weighted by atomic mass is 35.5. The molecule has 4 rings (SSSR count). The molecule has 1 saturated carbocycles. The van der Waals surface area contributed by atoms with E-state index in [4.69, 9.17) is 23.2 Å². The molecular formula is C21H22Cl2N2O2. The summed E-state index contributed by atoms with van der Waals surface area (Å²) < 4.78 is 0. The molecule has 0 atom stereocenters. The summed E-state index contributed by atoms with van der Waals surface area (Å²) in [5.74, 6) is -0.202. The quantitative estimate of drug-likeness (QED) is 0.736. The van der Waals surface area contributed by atoms with Crippen LogP contribution in [0.25, 0.3) is 0 Å². The molecule has 1 N–H and O–H groups in total. The smallest absolute Gasteiger partial charge is 0.274 e. The Labute approximate surface area is 169 Å². The van der Waals surface area contributed by atoms with Gasteiger partial charge >= 0.3 is 0 Å². The minimum atomic E-state index is -0.180. The van der Waals surface area contributed by atoms with Crippen molar-refractivity contribution in [3.8, 4) is 0 Å². The van der Waals surface area contributed by atoms with Crippen molar-refractivity contribution in [3.05, 3.63) is 69.7 Å². The zero-order chi connectivity index (χ0) is 19.2. The Hall–Kier alpha value is -1.91. The van der Waals surface area contributed by atoms with E-state index in [0.717, 1.165) is 31.2 Å². The first-order valence-corrected chi connectivity index (χ1v) is 10.0. The largest absolute Gasteiger partial charge is 0.505 e. The second-order valence-electron chi connectivity index (χ2n) is 7.60. The highest BCUT2D eigenvalue weighted by Gasteiger charge is 2.49. The lowest BCUT2D eigenvalue weighted by Crippen LogP contribution is -2.62. The molecule has 6 heteroatoms. The summed E-state index contributed by atoms with van der Waals surface area (Å²) >= 11 is 12.2. The molecule has 1 aliphatic carbocycles. The Morgan fingerprint density at radius 3 is 2.59 bits per heavy atom. The molecule has 0 radical (unpaired) electrons. The van der Waals surface area contributed by atoms with Crippen LogP contribution in [0, 0.1) is 0 Å². The minimum Gasteiger partial charge on any atom is -0.505 e. The molecule has 0 aromatic heterocycles. The number of amides is 1. The number of hydrogen-bond donors (Lipinski definition) is 1. The number of halogens is 2. The number of aliphatic hydroxyl groups excluding tert-OH is 1. The van der Waals surface area contributed by atoms with Gasteiger partial charge in [0.1, 0.15) is 0 Å². The third kappa shape index (κ3) is 3.15. The number of fused-ring (bicyclic) bond motifs is 2. The predicted octanol–water partition coefficient (Wildman–Crippen LogP) is 5.19. The number of benzene rings is 1. The Kier molecular flexibility index (Phi) is 4.73. The lowest BCUT2D eigenvalue weighted by Gasteiger charge is -2.53. The third-order valence-electron chi connectivity index (χ3n) is 5.82. The fraction of sp³-hybridized carbons (Fsp3) is 0.381. The molecular weight excluding hydrogens is 383 g/mol. The van der Waals surface area contributed by atoms with E-state index >= 15 is 0 Å². The minimum absolute atomic E-state index is 0.0220. The molecule has 2 aliphatic heterocycles. The SMILES string of the molecule is C=C1C=CN2C(=C1O)C(=O)N(Cc1ccc(Cl)c(Cl)c1)CC21CCCCC1. The van der Waals surface area contributed by atoms with Crippen molar-refractivity contribution >= 4 is 29.1 Å². The van der Waals surface area contributed by atoms with Crippen molar-refractivity contribution in [2.24, 2.45) is 0 Å². The first kappa shape index (κ1) is 18.5. The van der Waals surface area contributed by atoms with E-state index in [1.54, 1.807) is 18.2 Å². The monoisotopic (exact) mass is 404 g/mol. The fourth-order valence-corrected chi connectivity index (χ4v) is 4.75. The summed E-state index contributed by atoms with van der Waals surface area (Å²) in [4.78, 5) is 17.1. The maximum Gasteiger partial charge on any atom is 0.274 e. The van der Waals surface area contributed by atoms with E-state index < -0.39 is 0 Å². The van der Waals surface area contributed by atoms with E-state index in [1.165, 1.54) is 6.42 Å². The molecule has 1 amide bonds. The van der Waals surface area contributed by atoms with Crippen molar-refractivity contribution in [3.63, 3.8) is 0 Å². The number of nitrogens with zero attached hydrogens (tertiary/aromatic N) is 2. The van der Waals surface area contributed by atoms with Gasteiger partial charge in [0.05, 0.1) is 15.6 Å². The Morgan fingerprint density at radius 1 is 1.15 bits per heavy atom. The van der Waals surface area contributed by atoms with Crippen LogP contribution in [0.2, 0.25) is 10.0 Å². The summed E-state index contributed by atoms with van der Waals surface area (Å²) in [5.41, 5.74) is 1.55. The Balaban J connectivity index is 1.72. The number of rotatable bonds is 2. The van der Waals surface area contributed by atoms with Gasteiger partial charge < -0.3 is 14.9 Å². The predicted molar refractivity (Wildman–Crippen MR) is 107 cm³/mol. The second kappa shape index (κ2) is 6.92. The van der Waals surface area contributed by atoms with Gasteiger partial charge in [-0.05, 0) is 36.6 Å². The van der Waals surface area contributed by atoms with Crippen LogP contribution in [0.5, 0.6) is 0 Å². The molecule has 1 aromatic carbocycles. The van der Waals surface area contributed by atoms with Crippen molar-refractivity contribution in [2.75, 3.05) is 6.54 Å². The number of hydrogen-bond acceptors (Lipinski definition) is 3. The molecule has 0 unspecified atom stereocenters. The van der Waals surface area contributed by atoms with Gasteiger partial charge in [0.2, 0.25) is 0 Å². The molecule has 2 heterocycles. The van der Waals surface area contributed by atoms with Crippen molar-refractivity contribution in [1.29, 1.82) is 0 Å². The number of allylic oxidation sites excluding steroid dienone is 1. The highest BCUT2D eigenvalue weighted by molar-refractivity contribution is 6.42. The maximum absolute atomic E-state index is 13.2. The van der Waals surface area contributed by atoms with Crippen LogP contribution < -0.4 is 0 Å². The van der Waals surface area contributed by atoms with Gasteiger partial charge in [-0.1, -0.05) is 55.1 Å². The van der Waals surface area contributed by atoms with Crippen LogP contribution in [0.4, 0.5) is 0 Å². The van der Waals surface area contributed by atoms with Gasteiger partial charge in [0.15, 0.2) is 11.5 Å². The summed E-state index contributed by atoms with van der Waals surface area (Å²) in [5, 5.41) is 11.6. The Bertz CT molecular complexity index is 869. The lowest BCUT2D eigenvalue weighted by atomic mass is 9.77. The third-order valence-corrected chi connectivity index (χ3v) is 6.56. The van der Waals surface area contributed by atoms with Gasteiger partial charge in [-0.15, -0.1) is 0 Å². The van der Waals surface area contributed by atoms with Gasteiger partial charge in [-0.2, -0.15) is 0 Å². The molecule has 2 fully saturated rings. The molecule has 142 valence electrons. The highest BCUT2D eigenvalue weighted by Crippen LogP contribution is 2.43. The molecule has 27 heavy (non-hydrogen) atoms. The van der Waals surface area contributed by atoms with Crippen LogP contribution in [-0.2, 0) is 11.3 Å². The number of piperazine rings is 1. The zero-order valence-corrected chi connectivity index (χ0v) is 16.6. The number of aliphatic hydroxyl groups is 1. The van der Waals surface area contributed by atoms with Gasteiger partial charge in [-0.3, -0.25) is 4.79 Å². The molecule has 0 bridgehead atoms. The fourth-order valence-electron chi connectivity index (χ4n) is 4.43. The van der Waals surface area contributed by atoms with Gasteiger partial charge in [-0.25, -0.2) is 0 Å². The summed E-state index contributed by atoms with van der Waals surface area (Å²) in [6, 6.07) is 5.43. The standard InChI is InChI=1S/C21H22Cl2N2O2/c1-14-7-10-25-18(19(14)26)20(27)24(13-21(25)8-3-2-4-9-21)12-15-5-6-16(22)17(23)11-15/h5-7,10-11,26H,1-4,8-9,12-13H2. The zero-order valence-electron chi connectivity index (χ0n) is 15.0. The number of carbonyl (C=O) groups excluding carboxylic acids is 1.